The summed E-state index contributed by atoms with van der Waals surface area (Å²) in [6.45, 7) is 3.77. The zero-order valence-electron chi connectivity index (χ0n) is 24.2. The Kier molecular flexibility index (Phi) is 8.90. The van der Waals surface area contributed by atoms with Gasteiger partial charge in [-0.05, 0) is 56.3 Å². The largest absolute Gasteiger partial charge is 0.494 e. The number of carbonyl (C=O) groups excluding carboxylic acids is 2. The molecule has 2 amide bonds. The van der Waals surface area contributed by atoms with Crippen LogP contribution in [0.1, 0.15) is 46.4 Å². The van der Waals surface area contributed by atoms with Crippen molar-refractivity contribution >= 4 is 40.6 Å². The molecular formula is C30H36F2N8O3. The molecule has 5 N–H and O–H groups in total. The average molecular weight is 595 g/mol. The maximum absolute atomic E-state index is 13.4. The second-order valence-corrected chi connectivity index (χ2v) is 10.9. The van der Waals surface area contributed by atoms with Crippen LogP contribution in [0.25, 0.3) is 0 Å². The van der Waals surface area contributed by atoms with Gasteiger partial charge < -0.3 is 36.2 Å². The van der Waals surface area contributed by atoms with Crippen LogP contribution in [0.15, 0.2) is 48.7 Å². The van der Waals surface area contributed by atoms with Crippen molar-refractivity contribution in [2.45, 2.75) is 37.6 Å². The molecule has 0 bridgehead atoms. The molecule has 0 unspecified atom stereocenters. The third-order valence-electron chi connectivity index (χ3n) is 7.82. The lowest BCUT2D eigenvalue weighted by Gasteiger charge is -2.34. The zero-order chi connectivity index (χ0) is 30.6. The van der Waals surface area contributed by atoms with Gasteiger partial charge in [-0.1, -0.05) is 0 Å². The lowest BCUT2D eigenvalue weighted by atomic mass is 9.92. The van der Waals surface area contributed by atoms with E-state index in [0.29, 0.717) is 22.7 Å². The molecule has 43 heavy (non-hydrogen) atoms. The average Bonchev–Trinajstić information content (AvgIpc) is 2.99. The topological polar surface area (TPSA) is 138 Å². The van der Waals surface area contributed by atoms with E-state index < -0.39 is 11.8 Å². The molecule has 1 saturated carbocycles. The Morgan fingerprint density at radius 1 is 1.02 bits per heavy atom. The number of nitrogens with one attached hydrogen (secondary N) is 3. The van der Waals surface area contributed by atoms with Crippen molar-refractivity contribution < 1.29 is 23.1 Å². The predicted octanol–water partition coefficient (Wildman–Crippen LogP) is 4.13. The number of hydrogen-bond donors (Lipinski definition) is 4. The van der Waals surface area contributed by atoms with Gasteiger partial charge in [0, 0.05) is 74.3 Å². The Labute approximate surface area is 248 Å². The Morgan fingerprint density at radius 2 is 1.72 bits per heavy atom. The molecule has 2 fully saturated rings. The van der Waals surface area contributed by atoms with Gasteiger partial charge >= 0.3 is 0 Å². The summed E-state index contributed by atoms with van der Waals surface area (Å²) < 4.78 is 32.5. The van der Waals surface area contributed by atoms with Crippen molar-refractivity contribution in [3.05, 3.63) is 59.8 Å². The van der Waals surface area contributed by atoms with Gasteiger partial charge in [-0.3, -0.25) is 9.59 Å². The summed E-state index contributed by atoms with van der Waals surface area (Å²) >= 11 is 0. The van der Waals surface area contributed by atoms with Crippen molar-refractivity contribution in [1.82, 2.24) is 20.2 Å². The van der Waals surface area contributed by atoms with E-state index >= 15 is 0 Å². The number of piperazine rings is 1. The molecule has 13 heteroatoms. The molecule has 3 aromatic rings. The fourth-order valence-corrected chi connectivity index (χ4v) is 5.18. The molecule has 0 radical (unpaired) electrons. The molecule has 5 rings (SSSR count). The second-order valence-electron chi connectivity index (χ2n) is 10.9. The van der Waals surface area contributed by atoms with E-state index in [2.05, 4.69) is 42.8 Å². The number of anilines is 5. The van der Waals surface area contributed by atoms with Crippen molar-refractivity contribution in [2.24, 2.45) is 5.73 Å². The molecule has 0 atom stereocenters. The van der Waals surface area contributed by atoms with Crippen LogP contribution in [0.3, 0.4) is 0 Å². The third-order valence-corrected chi connectivity index (χ3v) is 7.82. The number of likely N-dealkylation sites (N-methyl/N-ethyl adjacent to an activating group) is 1. The van der Waals surface area contributed by atoms with E-state index in [0.717, 1.165) is 31.9 Å². The maximum atomic E-state index is 13.4. The number of methoxy groups -OCH3 is 1. The standard InChI is InChI=1S/C30H36F2N8O3/c1-39-13-15-40(16-14-39)22-7-8-24(25(17-22)43-2)37-27-23(26(33)41)18-34-29(38-27)36-20-5-3-19(4-6-20)28(42)35-21-9-11-30(31,32)12-10-21/h3-8,17-18,21H,9-16H2,1-2H3,(H2,33,41)(H,35,42)(H2,34,36,37,38). The van der Waals surface area contributed by atoms with E-state index in [-0.39, 0.29) is 55.0 Å². The highest BCUT2D eigenvalue weighted by Gasteiger charge is 2.35. The van der Waals surface area contributed by atoms with E-state index in [9.17, 15) is 18.4 Å². The SMILES string of the molecule is COc1cc(N2CCN(C)CC2)ccc1Nc1nc(Nc2ccc(C(=O)NC3CCC(F)(F)CC3)cc2)ncc1C(N)=O. The van der Waals surface area contributed by atoms with Crippen molar-refractivity contribution in [2.75, 3.05) is 55.9 Å². The van der Waals surface area contributed by atoms with Gasteiger partial charge in [0.05, 0.1) is 12.8 Å². The van der Waals surface area contributed by atoms with Crippen LogP contribution in [0.4, 0.5) is 37.6 Å². The van der Waals surface area contributed by atoms with Gasteiger partial charge in [-0.25, -0.2) is 13.8 Å². The Hall–Kier alpha value is -4.52. The molecular weight excluding hydrogens is 558 g/mol. The summed E-state index contributed by atoms with van der Waals surface area (Å²) in [7, 11) is 3.68. The number of benzene rings is 2. The number of halogens is 2. The van der Waals surface area contributed by atoms with Crippen molar-refractivity contribution in [3.8, 4) is 5.75 Å². The van der Waals surface area contributed by atoms with Gasteiger partial charge in [0.15, 0.2) is 0 Å². The summed E-state index contributed by atoms with van der Waals surface area (Å²) in [5.41, 5.74) is 8.34. The lowest BCUT2D eigenvalue weighted by Crippen LogP contribution is -2.44. The molecule has 1 aromatic heterocycles. The summed E-state index contributed by atoms with van der Waals surface area (Å²) in [5, 5.41) is 9.07. The van der Waals surface area contributed by atoms with Gasteiger partial charge in [-0.15, -0.1) is 0 Å². The van der Waals surface area contributed by atoms with E-state index in [1.54, 1.807) is 31.4 Å². The Balaban J connectivity index is 1.27. The predicted molar refractivity (Wildman–Crippen MR) is 161 cm³/mol. The molecule has 1 aliphatic carbocycles. The Morgan fingerprint density at radius 3 is 2.37 bits per heavy atom. The zero-order valence-corrected chi connectivity index (χ0v) is 24.2. The molecule has 2 aliphatic rings. The van der Waals surface area contributed by atoms with Crippen LogP contribution >= 0.6 is 0 Å². The second kappa shape index (κ2) is 12.8. The molecule has 0 spiro atoms. The first-order valence-electron chi connectivity index (χ1n) is 14.2. The summed E-state index contributed by atoms with van der Waals surface area (Å²) in [6.07, 6.45) is 1.39. The number of nitrogens with two attached hydrogens (primary N) is 1. The smallest absolute Gasteiger partial charge is 0.254 e. The van der Waals surface area contributed by atoms with E-state index in [4.69, 9.17) is 10.5 Å². The number of ether oxygens (including phenoxy) is 1. The van der Waals surface area contributed by atoms with Gasteiger partial charge in [0.25, 0.3) is 11.8 Å². The first-order valence-corrected chi connectivity index (χ1v) is 14.2. The first kappa shape index (κ1) is 30.0. The minimum Gasteiger partial charge on any atom is -0.494 e. The fourth-order valence-electron chi connectivity index (χ4n) is 5.18. The number of rotatable bonds is 9. The number of hydrogen-bond acceptors (Lipinski definition) is 9. The number of nitrogens with zero attached hydrogens (tertiary/aromatic N) is 4. The van der Waals surface area contributed by atoms with Crippen LogP contribution in [0.5, 0.6) is 5.75 Å². The number of primary amides is 1. The number of amides is 2. The first-order chi connectivity index (χ1) is 20.6. The number of aromatic nitrogens is 2. The summed E-state index contributed by atoms with van der Waals surface area (Å²) in [6, 6.07) is 12.1. The molecule has 2 aromatic carbocycles. The maximum Gasteiger partial charge on any atom is 0.254 e. The minimum absolute atomic E-state index is 0.100. The third kappa shape index (κ3) is 7.47. The summed E-state index contributed by atoms with van der Waals surface area (Å²) in [4.78, 5) is 38.1. The fraction of sp³-hybridized carbons (Fsp3) is 0.400. The highest BCUT2D eigenvalue weighted by atomic mass is 19.3. The van der Waals surface area contributed by atoms with Gasteiger partial charge in [-0.2, -0.15) is 4.98 Å². The van der Waals surface area contributed by atoms with Gasteiger partial charge in [0.1, 0.15) is 17.1 Å². The van der Waals surface area contributed by atoms with E-state index in [1.165, 1.54) is 6.20 Å². The van der Waals surface area contributed by atoms with Crippen LogP contribution in [-0.2, 0) is 0 Å². The molecule has 228 valence electrons. The van der Waals surface area contributed by atoms with Crippen LogP contribution in [0.2, 0.25) is 0 Å². The van der Waals surface area contributed by atoms with Crippen molar-refractivity contribution in [1.29, 1.82) is 0 Å². The molecule has 11 nitrogen and oxygen atoms in total. The number of alkyl halides is 2. The monoisotopic (exact) mass is 594 g/mol. The van der Waals surface area contributed by atoms with Gasteiger partial charge in [0.2, 0.25) is 11.9 Å². The van der Waals surface area contributed by atoms with Crippen LogP contribution in [-0.4, -0.2) is 79.0 Å². The highest BCUT2D eigenvalue weighted by Crippen LogP contribution is 2.34. The highest BCUT2D eigenvalue weighted by molar-refractivity contribution is 5.98. The molecule has 2 heterocycles. The normalized spacial score (nSPS) is 17.3. The minimum atomic E-state index is -2.65. The van der Waals surface area contributed by atoms with E-state index in [1.807, 2.05) is 18.2 Å². The lowest BCUT2D eigenvalue weighted by molar-refractivity contribution is -0.0399. The summed E-state index contributed by atoms with van der Waals surface area (Å²) in [5.74, 6) is -2.69. The molecule has 1 aliphatic heterocycles. The molecule has 1 saturated heterocycles. The van der Waals surface area contributed by atoms with Crippen molar-refractivity contribution in [3.63, 3.8) is 0 Å². The Bertz CT molecular complexity index is 1450. The van der Waals surface area contributed by atoms with Crippen LogP contribution < -0.4 is 31.3 Å². The number of carbonyl (C=O) groups is 2. The quantitative estimate of drug-likeness (QED) is 0.288. The van der Waals surface area contributed by atoms with Crippen LogP contribution in [0, 0.1) is 0 Å².